The fourth-order valence-corrected chi connectivity index (χ4v) is 5.14. The zero-order chi connectivity index (χ0) is 21.2. The fraction of sp³-hybridized carbons (Fsp3) is 0.350. The Labute approximate surface area is 175 Å². The summed E-state index contributed by atoms with van der Waals surface area (Å²) in [6, 6.07) is 9.32. The molecule has 0 spiro atoms. The average Bonchev–Trinajstić information content (AvgIpc) is 2.67. The normalized spacial score (nSPS) is 16.0. The Hall–Kier alpha value is -2.00. The molecule has 1 aliphatic heterocycles. The molecule has 1 N–H and O–H groups in total. The molecule has 1 saturated heterocycles. The fourth-order valence-electron chi connectivity index (χ4n) is 3.24. The summed E-state index contributed by atoms with van der Waals surface area (Å²) in [4.78, 5) is 14.4. The maximum Gasteiger partial charge on any atom is 0.243 e. The molecule has 156 valence electrons. The third kappa shape index (κ3) is 5.14. The molecule has 0 radical (unpaired) electrons. The van der Waals surface area contributed by atoms with Crippen LogP contribution in [0.25, 0.3) is 0 Å². The summed E-state index contributed by atoms with van der Waals surface area (Å²) in [6.45, 7) is 5.08. The van der Waals surface area contributed by atoms with Gasteiger partial charge >= 0.3 is 0 Å². The molecule has 2 aromatic rings. The van der Waals surface area contributed by atoms with Gasteiger partial charge < -0.3 is 5.32 Å². The highest BCUT2D eigenvalue weighted by Crippen LogP contribution is 2.23. The number of piperazine rings is 1. The minimum Gasteiger partial charge on any atom is -0.322 e. The molecule has 0 aromatic heterocycles. The number of rotatable bonds is 5. The van der Waals surface area contributed by atoms with Gasteiger partial charge in [-0.15, -0.1) is 0 Å². The van der Waals surface area contributed by atoms with Crippen molar-refractivity contribution in [2.45, 2.75) is 18.7 Å². The van der Waals surface area contributed by atoms with E-state index in [1.807, 2.05) is 17.9 Å². The molecule has 0 aliphatic carbocycles. The van der Waals surface area contributed by atoms with Crippen LogP contribution in [-0.2, 0) is 14.8 Å². The Morgan fingerprint density at radius 1 is 1.10 bits per heavy atom. The average molecular weight is 440 g/mol. The molecule has 9 heteroatoms. The van der Waals surface area contributed by atoms with Gasteiger partial charge in [-0.3, -0.25) is 9.69 Å². The van der Waals surface area contributed by atoms with E-state index in [0.717, 1.165) is 5.56 Å². The summed E-state index contributed by atoms with van der Waals surface area (Å²) in [5, 5.41) is 2.83. The second kappa shape index (κ2) is 8.79. The number of nitrogens with zero attached hydrogens (tertiary/aromatic N) is 2. The van der Waals surface area contributed by atoms with Crippen LogP contribution >= 0.6 is 11.6 Å². The molecule has 0 saturated carbocycles. The Kier molecular flexibility index (Phi) is 6.58. The summed E-state index contributed by atoms with van der Waals surface area (Å²) in [6.07, 6.45) is 0. The molecule has 0 bridgehead atoms. The number of anilines is 1. The van der Waals surface area contributed by atoms with E-state index in [1.165, 1.54) is 22.5 Å². The number of benzene rings is 2. The smallest absolute Gasteiger partial charge is 0.243 e. The van der Waals surface area contributed by atoms with E-state index in [4.69, 9.17) is 11.6 Å². The lowest BCUT2D eigenvalue weighted by molar-refractivity contribution is -0.117. The highest BCUT2D eigenvalue weighted by molar-refractivity contribution is 7.89. The van der Waals surface area contributed by atoms with Crippen molar-refractivity contribution in [2.75, 3.05) is 38.0 Å². The van der Waals surface area contributed by atoms with E-state index in [0.29, 0.717) is 28.6 Å². The first-order chi connectivity index (χ1) is 13.7. The number of sulfonamides is 1. The van der Waals surface area contributed by atoms with Crippen molar-refractivity contribution in [3.8, 4) is 0 Å². The van der Waals surface area contributed by atoms with Gasteiger partial charge in [0.25, 0.3) is 0 Å². The molecule has 3 rings (SSSR count). The number of hydrogen-bond donors (Lipinski definition) is 1. The quantitative estimate of drug-likeness (QED) is 0.777. The van der Waals surface area contributed by atoms with Crippen molar-refractivity contribution >= 4 is 33.2 Å². The largest absolute Gasteiger partial charge is 0.322 e. The van der Waals surface area contributed by atoms with Crippen molar-refractivity contribution < 1.29 is 17.6 Å². The van der Waals surface area contributed by atoms with E-state index in [2.05, 4.69) is 5.32 Å². The first-order valence-corrected chi connectivity index (χ1v) is 11.0. The highest BCUT2D eigenvalue weighted by Gasteiger charge is 2.30. The third-order valence-corrected chi connectivity index (χ3v) is 7.14. The van der Waals surface area contributed by atoms with E-state index < -0.39 is 15.8 Å². The minimum atomic E-state index is -3.58. The van der Waals surface area contributed by atoms with Crippen LogP contribution in [0.15, 0.2) is 41.3 Å². The van der Waals surface area contributed by atoms with Crippen LogP contribution in [0.3, 0.4) is 0 Å². The van der Waals surface area contributed by atoms with E-state index in [1.54, 1.807) is 19.1 Å². The van der Waals surface area contributed by atoms with Gasteiger partial charge in [-0.1, -0.05) is 23.7 Å². The molecule has 2 aromatic carbocycles. The lowest BCUT2D eigenvalue weighted by atomic mass is 10.2. The predicted molar refractivity (Wildman–Crippen MR) is 111 cm³/mol. The van der Waals surface area contributed by atoms with Crippen LogP contribution in [0.5, 0.6) is 0 Å². The highest BCUT2D eigenvalue weighted by atomic mass is 35.5. The Morgan fingerprint density at radius 2 is 1.79 bits per heavy atom. The van der Waals surface area contributed by atoms with Crippen molar-refractivity contribution in [1.29, 1.82) is 0 Å². The zero-order valence-electron chi connectivity index (χ0n) is 16.3. The van der Waals surface area contributed by atoms with Gasteiger partial charge in [-0.2, -0.15) is 4.31 Å². The topological polar surface area (TPSA) is 69.7 Å². The first kappa shape index (κ1) is 21.7. The van der Waals surface area contributed by atoms with Crippen LogP contribution in [0.2, 0.25) is 5.02 Å². The van der Waals surface area contributed by atoms with Crippen LogP contribution in [-0.4, -0.2) is 56.3 Å². The lowest BCUT2D eigenvalue weighted by Gasteiger charge is -2.33. The van der Waals surface area contributed by atoms with E-state index in [-0.39, 0.29) is 31.2 Å². The molecule has 0 unspecified atom stereocenters. The van der Waals surface area contributed by atoms with E-state index in [9.17, 15) is 17.6 Å². The molecule has 1 heterocycles. The second-order valence-corrected chi connectivity index (χ2v) is 9.46. The van der Waals surface area contributed by atoms with Gasteiger partial charge in [0.2, 0.25) is 15.9 Å². The van der Waals surface area contributed by atoms with Crippen molar-refractivity contribution in [3.63, 3.8) is 0 Å². The van der Waals surface area contributed by atoms with Crippen molar-refractivity contribution in [3.05, 3.63) is 58.4 Å². The molecule has 1 amide bonds. The number of hydrogen-bond acceptors (Lipinski definition) is 4. The molecule has 1 aliphatic rings. The van der Waals surface area contributed by atoms with Gasteiger partial charge in [0.05, 0.1) is 17.1 Å². The van der Waals surface area contributed by atoms with Gasteiger partial charge in [0.1, 0.15) is 5.82 Å². The number of carbonyl (C=O) groups is 1. The number of halogens is 2. The zero-order valence-corrected chi connectivity index (χ0v) is 17.9. The molecule has 1 fully saturated rings. The molecule has 6 nitrogen and oxygen atoms in total. The second-order valence-electron chi connectivity index (χ2n) is 7.12. The maximum absolute atomic E-state index is 13.8. The molecular formula is C20H23ClFN3O3S. The van der Waals surface area contributed by atoms with Gasteiger partial charge in [-0.25, -0.2) is 12.8 Å². The van der Waals surface area contributed by atoms with Crippen LogP contribution in [0.1, 0.15) is 11.1 Å². The Morgan fingerprint density at radius 3 is 2.48 bits per heavy atom. The SMILES string of the molecule is Cc1ccc(C)c(S(=O)(=O)N2CCN(CC(=O)Nc3cc(Cl)ccc3F)CC2)c1. The number of carbonyl (C=O) groups excluding carboxylic acids is 1. The summed E-state index contributed by atoms with van der Waals surface area (Å²) >= 11 is 5.83. The predicted octanol–water partition coefficient (Wildman–Crippen LogP) is 3.04. The van der Waals surface area contributed by atoms with Gasteiger partial charge in [0.15, 0.2) is 0 Å². The summed E-state index contributed by atoms with van der Waals surface area (Å²) in [7, 11) is -3.58. The Bertz CT molecular complexity index is 1020. The number of nitrogens with one attached hydrogen (secondary N) is 1. The Balaban J connectivity index is 1.59. The van der Waals surface area contributed by atoms with Crippen LogP contribution in [0, 0.1) is 19.7 Å². The first-order valence-electron chi connectivity index (χ1n) is 9.21. The van der Waals surface area contributed by atoms with Gasteiger partial charge in [0, 0.05) is 31.2 Å². The van der Waals surface area contributed by atoms with Crippen LogP contribution in [0.4, 0.5) is 10.1 Å². The third-order valence-electron chi connectivity index (χ3n) is 4.86. The number of amides is 1. The molecule has 29 heavy (non-hydrogen) atoms. The van der Waals surface area contributed by atoms with E-state index >= 15 is 0 Å². The maximum atomic E-state index is 13.8. The lowest BCUT2D eigenvalue weighted by Crippen LogP contribution is -2.50. The summed E-state index contributed by atoms with van der Waals surface area (Å²) in [5.41, 5.74) is 1.62. The monoisotopic (exact) mass is 439 g/mol. The minimum absolute atomic E-state index is 0.0265. The number of aryl methyl sites for hydroxylation is 2. The van der Waals surface area contributed by atoms with Crippen LogP contribution < -0.4 is 5.32 Å². The summed E-state index contributed by atoms with van der Waals surface area (Å²) < 4.78 is 41.1. The summed E-state index contributed by atoms with van der Waals surface area (Å²) in [5.74, 6) is -0.941. The molecular weight excluding hydrogens is 417 g/mol. The molecule has 0 atom stereocenters. The van der Waals surface area contributed by atoms with Crippen molar-refractivity contribution in [1.82, 2.24) is 9.21 Å². The van der Waals surface area contributed by atoms with Crippen molar-refractivity contribution in [2.24, 2.45) is 0 Å². The standard InChI is InChI=1S/C20H23ClFN3O3S/c1-14-3-4-15(2)19(11-14)29(27,28)25-9-7-24(8-10-25)13-20(26)23-18-12-16(21)5-6-17(18)22/h3-6,11-12H,7-10,13H2,1-2H3,(H,23,26). The van der Waals surface area contributed by atoms with Gasteiger partial charge in [-0.05, 0) is 49.2 Å².